The number of fused-ring (bicyclic) bond motifs is 1. The van der Waals surface area contributed by atoms with Gasteiger partial charge in [0.15, 0.2) is 17.1 Å². The Kier molecular flexibility index (Phi) is 5.84. The monoisotopic (exact) mass is 437 g/mol. The van der Waals surface area contributed by atoms with Crippen LogP contribution in [0.5, 0.6) is 11.5 Å². The second kappa shape index (κ2) is 8.88. The van der Waals surface area contributed by atoms with Crippen LogP contribution in [-0.2, 0) is 6.42 Å². The lowest BCUT2D eigenvalue weighted by molar-refractivity contribution is 0.354. The first-order valence-electron chi connectivity index (χ1n) is 9.73. The van der Waals surface area contributed by atoms with Gasteiger partial charge in [-0.2, -0.15) is 4.98 Å². The van der Waals surface area contributed by atoms with Gasteiger partial charge in [0.2, 0.25) is 5.95 Å². The van der Waals surface area contributed by atoms with Crippen LogP contribution in [0.1, 0.15) is 5.56 Å². The normalized spacial score (nSPS) is 10.8. The van der Waals surface area contributed by atoms with Crippen molar-refractivity contribution in [1.29, 1.82) is 0 Å². The fourth-order valence-electron chi connectivity index (χ4n) is 3.27. The minimum Gasteiger partial charge on any atom is -0.493 e. The third-order valence-electron chi connectivity index (χ3n) is 4.88. The van der Waals surface area contributed by atoms with Crippen molar-refractivity contribution in [1.82, 2.24) is 19.5 Å². The molecule has 0 aliphatic rings. The second-order valence-electron chi connectivity index (χ2n) is 6.87. The lowest BCUT2D eigenvalue weighted by Crippen LogP contribution is -2.34. The van der Waals surface area contributed by atoms with Crippen LogP contribution in [0.25, 0.3) is 16.7 Å². The number of methoxy groups -OCH3 is 2. The molecule has 0 amide bonds. The molecule has 0 saturated heterocycles. The summed E-state index contributed by atoms with van der Waals surface area (Å²) in [7, 11) is 3.16. The van der Waals surface area contributed by atoms with E-state index in [0.717, 1.165) is 10.1 Å². The minimum absolute atomic E-state index is 0.113. The number of aromatic amines is 1. The highest BCUT2D eigenvalue weighted by Crippen LogP contribution is 2.27. The Balaban J connectivity index is 1.54. The van der Waals surface area contributed by atoms with Crippen LogP contribution >= 0.6 is 0 Å². The number of halogens is 1. The fraction of sp³-hybridized carbons (Fsp3) is 0.182. The maximum absolute atomic E-state index is 13.2. The van der Waals surface area contributed by atoms with Crippen LogP contribution in [0.15, 0.2) is 58.3 Å². The summed E-state index contributed by atoms with van der Waals surface area (Å²) in [5, 5.41) is 3.21. The predicted octanol–water partition coefficient (Wildman–Crippen LogP) is 2.28. The van der Waals surface area contributed by atoms with Crippen LogP contribution in [0, 0.1) is 5.82 Å². The van der Waals surface area contributed by atoms with Gasteiger partial charge in [0.25, 0.3) is 5.56 Å². The lowest BCUT2D eigenvalue weighted by Gasteiger charge is -2.10. The standard InChI is InChI=1S/C22H20FN5O4/c1-31-17-8-3-13(11-18(17)32-2)9-10-24-21-25-12-16-19(26-21)27-22(30)28(20(16)29)15-6-4-14(23)5-7-15/h3-8,11-12H,9-10H2,1-2H3,(H2,24,25,26,27,30). The average Bonchev–Trinajstić information content (AvgIpc) is 2.80. The molecule has 0 aliphatic heterocycles. The van der Waals surface area contributed by atoms with E-state index in [2.05, 4.69) is 20.3 Å². The zero-order chi connectivity index (χ0) is 22.7. The van der Waals surface area contributed by atoms with E-state index in [1.165, 1.54) is 30.5 Å². The SMILES string of the molecule is COc1ccc(CCNc2ncc3c(=O)n(-c4ccc(F)cc4)c(=O)[nH]c3n2)cc1OC. The van der Waals surface area contributed by atoms with Gasteiger partial charge in [0, 0.05) is 12.7 Å². The zero-order valence-electron chi connectivity index (χ0n) is 17.4. The van der Waals surface area contributed by atoms with Crippen molar-refractivity contribution in [2.75, 3.05) is 26.1 Å². The Morgan fingerprint density at radius 1 is 1.06 bits per heavy atom. The van der Waals surface area contributed by atoms with Crippen molar-refractivity contribution in [2.24, 2.45) is 0 Å². The predicted molar refractivity (Wildman–Crippen MR) is 117 cm³/mol. The molecular formula is C22H20FN5O4. The van der Waals surface area contributed by atoms with Gasteiger partial charge >= 0.3 is 5.69 Å². The van der Waals surface area contributed by atoms with Gasteiger partial charge in [-0.3, -0.25) is 9.78 Å². The Bertz CT molecular complexity index is 1380. The summed E-state index contributed by atoms with van der Waals surface area (Å²) in [6, 6.07) is 10.7. The molecule has 0 fully saturated rings. The number of aromatic nitrogens is 4. The molecule has 2 N–H and O–H groups in total. The number of ether oxygens (including phenoxy) is 2. The third-order valence-corrected chi connectivity index (χ3v) is 4.88. The molecule has 2 aromatic carbocycles. The van der Waals surface area contributed by atoms with E-state index >= 15 is 0 Å². The molecule has 0 bridgehead atoms. The largest absolute Gasteiger partial charge is 0.493 e. The third kappa shape index (κ3) is 4.15. The Morgan fingerprint density at radius 3 is 2.53 bits per heavy atom. The molecule has 164 valence electrons. The summed E-state index contributed by atoms with van der Waals surface area (Å²) < 4.78 is 24.6. The number of hydrogen-bond donors (Lipinski definition) is 2. The van der Waals surface area contributed by atoms with E-state index in [0.29, 0.717) is 24.5 Å². The van der Waals surface area contributed by atoms with Gasteiger partial charge in [-0.15, -0.1) is 0 Å². The van der Waals surface area contributed by atoms with E-state index in [4.69, 9.17) is 9.47 Å². The molecular weight excluding hydrogens is 417 g/mol. The zero-order valence-corrected chi connectivity index (χ0v) is 17.4. The molecule has 9 nitrogen and oxygen atoms in total. The molecule has 10 heteroatoms. The molecule has 0 unspecified atom stereocenters. The van der Waals surface area contributed by atoms with Crippen molar-refractivity contribution in [2.45, 2.75) is 6.42 Å². The first-order valence-corrected chi connectivity index (χ1v) is 9.73. The number of nitrogens with zero attached hydrogens (tertiary/aromatic N) is 3. The summed E-state index contributed by atoms with van der Waals surface area (Å²) in [5.74, 6) is 1.10. The van der Waals surface area contributed by atoms with Crippen LogP contribution < -0.4 is 26.0 Å². The highest BCUT2D eigenvalue weighted by atomic mass is 19.1. The maximum atomic E-state index is 13.2. The number of anilines is 1. The second-order valence-corrected chi connectivity index (χ2v) is 6.87. The lowest BCUT2D eigenvalue weighted by atomic mass is 10.1. The smallest absolute Gasteiger partial charge is 0.334 e. The molecule has 0 radical (unpaired) electrons. The highest BCUT2D eigenvalue weighted by molar-refractivity contribution is 5.73. The average molecular weight is 437 g/mol. The summed E-state index contributed by atoms with van der Waals surface area (Å²) >= 11 is 0. The van der Waals surface area contributed by atoms with Gasteiger partial charge in [0.05, 0.1) is 19.9 Å². The quantitative estimate of drug-likeness (QED) is 0.456. The van der Waals surface area contributed by atoms with Gasteiger partial charge in [-0.05, 0) is 48.4 Å². The summed E-state index contributed by atoms with van der Waals surface area (Å²) in [6.07, 6.45) is 2.00. The van der Waals surface area contributed by atoms with Crippen molar-refractivity contribution in [3.8, 4) is 17.2 Å². The molecule has 4 rings (SSSR count). The molecule has 0 saturated carbocycles. The van der Waals surface area contributed by atoms with Crippen LogP contribution in [0.4, 0.5) is 10.3 Å². The number of benzene rings is 2. The number of hydrogen-bond acceptors (Lipinski definition) is 7. The van der Waals surface area contributed by atoms with Crippen LogP contribution in [-0.4, -0.2) is 40.3 Å². The minimum atomic E-state index is -0.677. The maximum Gasteiger partial charge on any atom is 0.334 e. The molecule has 2 aromatic heterocycles. The van der Waals surface area contributed by atoms with Gasteiger partial charge < -0.3 is 14.8 Å². The Labute approximate surface area is 181 Å². The number of H-pyrrole nitrogens is 1. The molecule has 2 heterocycles. The van der Waals surface area contributed by atoms with E-state index in [1.54, 1.807) is 14.2 Å². The first-order chi connectivity index (χ1) is 15.5. The molecule has 0 spiro atoms. The van der Waals surface area contributed by atoms with E-state index in [-0.39, 0.29) is 22.7 Å². The molecule has 0 aliphatic carbocycles. The summed E-state index contributed by atoms with van der Waals surface area (Å²) in [5.41, 5.74) is 0.113. The topological polar surface area (TPSA) is 111 Å². The van der Waals surface area contributed by atoms with Crippen molar-refractivity contribution in [3.05, 3.63) is 80.9 Å². The van der Waals surface area contributed by atoms with Gasteiger partial charge in [-0.25, -0.2) is 18.7 Å². The van der Waals surface area contributed by atoms with Gasteiger partial charge in [-0.1, -0.05) is 6.07 Å². The van der Waals surface area contributed by atoms with Crippen molar-refractivity contribution >= 4 is 17.0 Å². The van der Waals surface area contributed by atoms with Gasteiger partial charge in [0.1, 0.15) is 11.2 Å². The first kappa shape index (κ1) is 21.0. The fourth-order valence-corrected chi connectivity index (χ4v) is 3.27. The summed E-state index contributed by atoms with van der Waals surface area (Å²) in [4.78, 5) is 36.3. The highest BCUT2D eigenvalue weighted by Gasteiger charge is 2.12. The van der Waals surface area contributed by atoms with Crippen molar-refractivity contribution in [3.63, 3.8) is 0 Å². The van der Waals surface area contributed by atoms with E-state index < -0.39 is 17.1 Å². The van der Waals surface area contributed by atoms with E-state index in [9.17, 15) is 14.0 Å². The Morgan fingerprint density at radius 2 is 1.81 bits per heavy atom. The van der Waals surface area contributed by atoms with Crippen LogP contribution in [0.3, 0.4) is 0 Å². The number of rotatable bonds is 7. The Hall–Kier alpha value is -4.21. The summed E-state index contributed by atoms with van der Waals surface area (Å²) in [6.45, 7) is 0.512. The molecule has 32 heavy (non-hydrogen) atoms. The molecule has 0 atom stereocenters. The van der Waals surface area contributed by atoms with Crippen molar-refractivity contribution < 1.29 is 13.9 Å². The van der Waals surface area contributed by atoms with Crippen LogP contribution in [0.2, 0.25) is 0 Å². The van der Waals surface area contributed by atoms with E-state index in [1.807, 2.05) is 18.2 Å². The molecule has 4 aromatic rings. The number of nitrogens with one attached hydrogen (secondary N) is 2.